The Hall–Kier alpha value is -3.14. The predicted octanol–water partition coefficient (Wildman–Crippen LogP) is 3.41. The van der Waals surface area contributed by atoms with E-state index in [2.05, 4.69) is 10.5 Å². The van der Waals surface area contributed by atoms with Gasteiger partial charge >= 0.3 is 5.76 Å². The SMILES string of the molecule is O=C(NCc1cc(-c2ccc(F)cc2)on1)c1ccccc1S(=O)(=O)C(F)F. The molecule has 0 aliphatic rings. The summed E-state index contributed by atoms with van der Waals surface area (Å²) >= 11 is 0. The number of amides is 1. The van der Waals surface area contributed by atoms with Crippen molar-refractivity contribution in [3.05, 3.63) is 71.7 Å². The van der Waals surface area contributed by atoms with Crippen LogP contribution in [0.3, 0.4) is 0 Å². The molecule has 1 aromatic heterocycles. The minimum Gasteiger partial charge on any atom is -0.356 e. The van der Waals surface area contributed by atoms with Crippen LogP contribution in [0.1, 0.15) is 16.1 Å². The van der Waals surface area contributed by atoms with Gasteiger partial charge in [-0.05, 0) is 36.4 Å². The number of benzene rings is 2. The Kier molecular flexibility index (Phi) is 5.50. The van der Waals surface area contributed by atoms with Crippen LogP contribution >= 0.6 is 0 Å². The van der Waals surface area contributed by atoms with Gasteiger partial charge in [-0.1, -0.05) is 17.3 Å². The summed E-state index contributed by atoms with van der Waals surface area (Å²) in [6.45, 7) is -0.132. The van der Waals surface area contributed by atoms with E-state index < -0.39 is 37.8 Å². The molecule has 0 saturated carbocycles. The van der Waals surface area contributed by atoms with E-state index in [1.54, 1.807) is 0 Å². The van der Waals surface area contributed by atoms with Crippen LogP contribution in [-0.2, 0) is 16.4 Å². The van der Waals surface area contributed by atoms with Crippen molar-refractivity contribution < 1.29 is 30.9 Å². The van der Waals surface area contributed by atoms with Crippen LogP contribution in [0, 0.1) is 5.82 Å². The Labute approximate surface area is 157 Å². The molecule has 6 nitrogen and oxygen atoms in total. The second-order valence-electron chi connectivity index (χ2n) is 5.67. The highest BCUT2D eigenvalue weighted by atomic mass is 32.2. The molecule has 1 N–H and O–H groups in total. The van der Waals surface area contributed by atoms with Crippen LogP contribution in [0.5, 0.6) is 0 Å². The van der Waals surface area contributed by atoms with Gasteiger partial charge in [-0.25, -0.2) is 12.8 Å². The highest BCUT2D eigenvalue weighted by Gasteiger charge is 2.30. The fourth-order valence-electron chi connectivity index (χ4n) is 2.41. The first-order chi connectivity index (χ1) is 13.3. The Morgan fingerprint density at radius 3 is 2.46 bits per heavy atom. The van der Waals surface area contributed by atoms with Crippen molar-refractivity contribution in [1.82, 2.24) is 10.5 Å². The number of carbonyl (C=O) groups excluding carboxylic acids is 1. The average Bonchev–Trinajstić information content (AvgIpc) is 3.15. The third-order valence-electron chi connectivity index (χ3n) is 3.79. The summed E-state index contributed by atoms with van der Waals surface area (Å²) in [5.74, 6) is -4.57. The molecule has 0 aliphatic carbocycles. The van der Waals surface area contributed by atoms with Gasteiger partial charge in [0, 0.05) is 11.6 Å². The summed E-state index contributed by atoms with van der Waals surface area (Å²) in [6.07, 6.45) is 0. The lowest BCUT2D eigenvalue weighted by Gasteiger charge is -2.09. The predicted molar refractivity (Wildman–Crippen MR) is 92.7 cm³/mol. The molecule has 3 rings (SSSR count). The topological polar surface area (TPSA) is 89.3 Å². The first-order valence-electron chi connectivity index (χ1n) is 7.90. The van der Waals surface area contributed by atoms with Gasteiger partial charge in [0.1, 0.15) is 11.5 Å². The van der Waals surface area contributed by atoms with E-state index in [9.17, 15) is 26.4 Å². The number of aromatic nitrogens is 1. The van der Waals surface area contributed by atoms with Gasteiger partial charge in [-0.2, -0.15) is 8.78 Å². The highest BCUT2D eigenvalue weighted by molar-refractivity contribution is 7.91. The minimum atomic E-state index is -4.93. The van der Waals surface area contributed by atoms with E-state index in [0.29, 0.717) is 17.0 Å². The number of halogens is 3. The van der Waals surface area contributed by atoms with E-state index in [0.717, 1.165) is 12.1 Å². The monoisotopic (exact) mass is 410 g/mol. The number of alkyl halides is 2. The Balaban J connectivity index is 1.75. The maximum atomic E-state index is 13.0. The van der Waals surface area contributed by atoms with Gasteiger partial charge in [0.05, 0.1) is 17.0 Å². The highest BCUT2D eigenvalue weighted by Crippen LogP contribution is 2.23. The smallest absolute Gasteiger partial charge is 0.341 e. The van der Waals surface area contributed by atoms with Crippen LogP contribution < -0.4 is 5.32 Å². The van der Waals surface area contributed by atoms with Crippen molar-refractivity contribution in [2.24, 2.45) is 0 Å². The number of nitrogens with zero attached hydrogens (tertiary/aromatic N) is 1. The normalized spacial score (nSPS) is 11.6. The molecule has 0 spiro atoms. The molecule has 0 atom stereocenters. The van der Waals surface area contributed by atoms with Crippen LogP contribution in [0.2, 0.25) is 0 Å². The lowest BCUT2D eigenvalue weighted by atomic mass is 10.1. The molecular formula is C18H13F3N2O4S. The Bertz CT molecular complexity index is 1100. The number of sulfone groups is 1. The summed E-state index contributed by atoms with van der Waals surface area (Å²) in [4.78, 5) is 11.5. The van der Waals surface area contributed by atoms with Crippen LogP contribution in [0.4, 0.5) is 13.2 Å². The van der Waals surface area contributed by atoms with Crippen molar-refractivity contribution in [2.45, 2.75) is 17.2 Å². The molecule has 10 heteroatoms. The van der Waals surface area contributed by atoms with Crippen LogP contribution in [0.25, 0.3) is 11.3 Å². The van der Waals surface area contributed by atoms with Gasteiger partial charge in [0.2, 0.25) is 9.84 Å². The van der Waals surface area contributed by atoms with Gasteiger partial charge in [-0.3, -0.25) is 4.79 Å². The summed E-state index contributed by atoms with van der Waals surface area (Å²) in [5.41, 5.74) is 0.478. The number of rotatable bonds is 6. The number of carbonyl (C=O) groups is 1. The lowest BCUT2D eigenvalue weighted by molar-refractivity contribution is 0.0946. The van der Waals surface area contributed by atoms with E-state index in [4.69, 9.17) is 4.52 Å². The minimum absolute atomic E-state index is 0.132. The molecule has 2 aromatic carbocycles. The van der Waals surface area contributed by atoms with Gasteiger partial charge in [0.15, 0.2) is 5.76 Å². The van der Waals surface area contributed by atoms with Crippen molar-refractivity contribution in [2.75, 3.05) is 0 Å². The summed E-state index contributed by atoms with van der Waals surface area (Å²) in [6, 6.07) is 11.7. The molecule has 0 bridgehead atoms. The zero-order valence-electron chi connectivity index (χ0n) is 14.1. The number of hydrogen-bond acceptors (Lipinski definition) is 5. The van der Waals surface area contributed by atoms with Gasteiger partial charge < -0.3 is 9.84 Å². The molecular weight excluding hydrogens is 397 g/mol. The third-order valence-corrected chi connectivity index (χ3v) is 5.23. The van der Waals surface area contributed by atoms with Crippen LogP contribution in [-0.4, -0.2) is 25.2 Å². The molecule has 28 heavy (non-hydrogen) atoms. The van der Waals surface area contributed by atoms with Crippen molar-refractivity contribution in [3.8, 4) is 11.3 Å². The first kappa shape index (κ1) is 19.6. The zero-order chi connectivity index (χ0) is 20.3. The maximum Gasteiger partial charge on any atom is 0.341 e. The number of nitrogens with one attached hydrogen (secondary N) is 1. The molecule has 0 fully saturated rings. The summed E-state index contributed by atoms with van der Waals surface area (Å²) in [7, 11) is -4.93. The van der Waals surface area contributed by atoms with Crippen molar-refractivity contribution in [1.29, 1.82) is 0 Å². The lowest BCUT2D eigenvalue weighted by Crippen LogP contribution is -2.26. The van der Waals surface area contributed by atoms with Crippen molar-refractivity contribution in [3.63, 3.8) is 0 Å². The fraction of sp³-hybridized carbons (Fsp3) is 0.111. The third kappa shape index (κ3) is 4.06. The molecule has 1 amide bonds. The van der Waals surface area contributed by atoms with Gasteiger partial charge in [0.25, 0.3) is 5.91 Å². The van der Waals surface area contributed by atoms with Crippen molar-refractivity contribution >= 4 is 15.7 Å². The number of hydrogen-bond donors (Lipinski definition) is 1. The molecule has 1 heterocycles. The Morgan fingerprint density at radius 2 is 1.79 bits per heavy atom. The summed E-state index contributed by atoms with van der Waals surface area (Å²) in [5, 5.41) is 6.17. The summed E-state index contributed by atoms with van der Waals surface area (Å²) < 4.78 is 67.2. The second kappa shape index (κ2) is 7.85. The quantitative estimate of drug-likeness (QED) is 0.673. The van der Waals surface area contributed by atoms with Crippen LogP contribution in [0.15, 0.2) is 64.0 Å². The van der Waals surface area contributed by atoms with E-state index in [1.165, 1.54) is 42.5 Å². The molecule has 146 valence electrons. The second-order valence-corrected chi connectivity index (χ2v) is 7.56. The average molecular weight is 410 g/mol. The zero-order valence-corrected chi connectivity index (χ0v) is 14.9. The standard InChI is InChI=1S/C18H13F3N2O4S/c19-12-7-5-11(6-8-12)15-9-13(23-27-15)10-22-17(24)14-3-1-2-4-16(14)28(25,26)18(20)21/h1-9,18H,10H2,(H,22,24). The fourth-order valence-corrected chi connectivity index (χ4v) is 3.34. The molecule has 3 aromatic rings. The van der Waals surface area contributed by atoms with E-state index >= 15 is 0 Å². The van der Waals surface area contributed by atoms with Gasteiger partial charge in [-0.15, -0.1) is 0 Å². The first-order valence-corrected chi connectivity index (χ1v) is 9.44. The Morgan fingerprint density at radius 1 is 1.11 bits per heavy atom. The largest absolute Gasteiger partial charge is 0.356 e. The van der Waals surface area contributed by atoms with E-state index in [1.807, 2.05) is 0 Å². The molecule has 0 saturated heterocycles. The molecule has 0 unspecified atom stereocenters. The van der Waals surface area contributed by atoms with E-state index in [-0.39, 0.29) is 6.54 Å². The molecule has 0 aliphatic heterocycles. The maximum absolute atomic E-state index is 13.0. The molecule has 0 radical (unpaired) electrons.